The minimum absolute atomic E-state index is 0.0471. The number of anilines is 1. The maximum Gasteiger partial charge on any atom is 0.262 e. The third kappa shape index (κ3) is 5.35. The topological polar surface area (TPSA) is 84.9 Å². The third-order valence-corrected chi connectivity index (χ3v) is 6.15. The van der Waals surface area contributed by atoms with Crippen molar-refractivity contribution >= 4 is 49.1 Å². The number of amides is 1. The Morgan fingerprint density at radius 3 is 2.44 bits per heavy atom. The molecule has 0 radical (unpaired) electrons. The van der Waals surface area contributed by atoms with Crippen molar-refractivity contribution in [3.05, 3.63) is 45.9 Å². The largest absolute Gasteiger partial charge is 0.495 e. The van der Waals surface area contributed by atoms with Crippen molar-refractivity contribution < 1.29 is 22.7 Å². The summed E-state index contributed by atoms with van der Waals surface area (Å²) in [5.41, 5.74) is 0.306. The zero-order valence-corrected chi connectivity index (χ0v) is 18.0. The Balaban J connectivity index is 2.14. The van der Waals surface area contributed by atoms with E-state index in [1.165, 1.54) is 33.3 Å². The Hall–Kier alpha value is -1.81. The third-order valence-electron chi connectivity index (χ3n) is 3.46. The van der Waals surface area contributed by atoms with Gasteiger partial charge in [0.2, 0.25) is 10.0 Å². The number of sulfonamides is 1. The summed E-state index contributed by atoms with van der Waals surface area (Å²) in [6.45, 7) is -0.262. The van der Waals surface area contributed by atoms with Crippen LogP contribution < -0.4 is 14.8 Å². The summed E-state index contributed by atoms with van der Waals surface area (Å²) in [6.07, 6.45) is 0. The van der Waals surface area contributed by atoms with Gasteiger partial charge in [0.05, 0.1) is 11.6 Å². The fraction of sp³-hybridized carbons (Fsp3) is 0.235. The van der Waals surface area contributed by atoms with Gasteiger partial charge in [0.15, 0.2) is 6.61 Å². The molecule has 0 aliphatic carbocycles. The minimum Gasteiger partial charge on any atom is -0.495 e. The molecule has 0 heterocycles. The number of nitrogens with one attached hydrogen (secondary N) is 1. The number of carbonyl (C=O) groups is 1. The molecule has 1 amide bonds. The number of ether oxygens (including phenoxy) is 2. The summed E-state index contributed by atoms with van der Waals surface area (Å²) in [5, 5.41) is 3.14. The molecule has 1 N–H and O–H groups in total. The van der Waals surface area contributed by atoms with E-state index in [4.69, 9.17) is 21.1 Å². The van der Waals surface area contributed by atoms with Gasteiger partial charge in [-0.3, -0.25) is 4.79 Å². The number of carbonyl (C=O) groups excluding carboxylic acids is 1. The van der Waals surface area contributed by atoms with Gasteiger partial charge < -0.3 is 14.8 Å². The van der Waals surface area contributed by atoms with Gasteiger partial charge in [-0.25, -0.2) is 12.7 Å². The van der Waals surface area contributed by atoms with Crippen molar-refractivity contribution in [1.82, 2.24) is 4.31 Å². The Kier molecular flexibility index (Phi) is 7.10. The van der Waals surface area contributed by atoms with Crippen LogP contribution in [0, 0.1) is 0 Å². The van der Waals surface area contributed by atoms with Crippen LogP contribution in [-0.4, -0.2) is 46.4 Å². The zero-order chi connectivity index (χ0) is 20.2. The number of methoxy groups -OCH3 is 1. The first kappa shape index (κ1) is 21.5. The van der Waals surface area contributed by atoms with Gasteiger partial charge in [-0.1, -0.05) is 11.6 Å². The van der Waals surface area contributed by atoms with Gasteiger partial charge in [0.25, 0.3) is 5.91 Å². The molecule has 0 saturated carbocycles. The van der Waals surface area contributed by atoms with E-state index in [9.17, 15) is 13.2 Å². The molecular weight excluding hydrogens is 460 g/mol. The van der Waals surface area contributed by atoms with Crippen LogP contribution in [-0.2, 0) is 14.8 Å². The SMILES string of the molecule is COc1ccc(NC(=O)COc2ccc(Cl)cc2Br)cc1S(=O)(=O)N(C)C. The van der Waals surface area contributed by atoms with Crippen molar-refractivity contribution in [2.75, 3.05) is 33.1 Å². The van der Waals surface area contributed by atoms with Crippen LogP contribution in [0.25, 0.3) is 0 Å². The molecule has 10 heteroatoms. The Bertz CT molecular complexity index is 950. The van der Waals surface area contributed by atoms with Gasteiger partial charge in [-0.2, -0.15) is 0 Å². The maximum atomic E-state index is 12.4. The second-order valence-corrected chi connectivity index (χ2v) is 8.98. The molecule has 0 aliphatic heterocycles. The van der Waals surface area contributed by atoms with Gasteiger partial charge in [0.1, 0.15) is 16.4 Å². The van der Waals surface area contributed by atoms with Gasteiger partial charge >= 0.3 is 0 Å². The maximum absolute atomic E-state index is 12.4. The smallest absolute Gasteiger partial charge is 0.262 e. The molecule has 2 aromatic rings. The van der Waals surface area contributed by atoms with E-state index in [1.54, 1.807) is 24.3 Å². The second-order valence-electron chi connectivity index (χ2n) is 5.56. The Labute approximate surface area is 171 Å². The lowest BCUT2D eigenvalue weighted by molar-refractivity contribution is -0.118. The zero-order valence-electron chi connectivity index (χ0n) is 14.8. The van der Waals surface area contributed by atoms with Crippen LogP contribution >= 0.6 is 27.5 Å². The highest BCUT2D eigenvalue weighted by molar-refractivity contribution is 9.10. The number of hydrogen-bond acceptors (Lipinski definition) is 5. The molecule has 0 fully saturated rings. The van der Waals surface area contributed by atoms with Crippen molar-refractivity contribution in [2.45, 2.75) is 4.90 Å². The molecule has 2 aromatic carbocycles. The highest BCUT2D eigenvalue weighted by Crippen LogP contribution is 2.29. The minimum atomic E-state index is -3.74. The van der Waals surface area contributed by atoms with Crippen molar-refractivity contribution in [3.63, 3.8) is 0 Å². The molecule has 27 heavy (non-hydrogen) atoms. The quantitative estimate of drug-likeness (QED) is 0.661. The summed E-state index contributed by atoms with van der Waals surface area (Å²) in [7, 11) is 0.468. The summed E-state index contributed by atoms with van der Waals surface area (Å²) < 4.78 is 37.1. The lowest BCUT2D eigenvalue weighted by atomic mass is 10.3. The van der Waals surface area contributed by atoms with Crippen molar-refractivity contribution in [2.24, 2.45) is 0 Å². The summed E-state index contributed by atoms with van der Waals surface area (Å²) >= 11 is 9.16. The van der Waals surface area contributed by atoms with E-state index < -0.39 is 15.9 Å². The van der Waals surface area contributed by atoms with Gasteiger partial charge in [-0.05, 0) is 52.3 Å². The van der Waals surface area contributed by atoms with Gasteiger partial charge in [-0.15, -0.1) is 0 Å². The van der Waals surface area contributed by atoms with E-state index in [0.29, 0.717) is 20.9 Å². The van der Waals surface area contributed by atoms with E-state index in [0.717, 1.165) is 4.31 Å². The average molecular weight is 478 g/mol. The summed E-state index contributed by atoms with van der Waals surface area (Å²) in [5.74, 6) is 0.193. The van der Waals surface area contributed by atoms with Gasteiger partial charge in [0, 0.05) is 24.8 Å². The molecule has 0 aromatic heterocycles. The Morgan fingerprint density at radius 2 is 1.85 bits per heavy atom. The first-order chi connectivity index (χ1) is 12.6. The summed E-state index contributed by atoms with van der Waals surface area (Å²) in [6, 6.07) is 9.28. The van der Waals surface area contributed by atoms with Crippen molar-refractivity contribution in [1.29, 1.82) is 0 Å². The van der Waals surface area contributed by atoms with Crippen LogP contribution in [0.15, 0.2) is 45.8 Å². The monoisotopic (exact) mass is 476 g/mol. The molecule has 0 unspecified atom stereocenters. The highest BCUT2D eigenvalue weighted by atomic mass is 79.9. The van der Waals surface area contributed by atoms with E-state index in [-0.39, 0.29) is 17.3 Å². The first-order valence-electron chi connectivity index (χ1n) is 7.63. The number of hydrogen-bond donors (Lipinski definition) is 1. The summed E-state index contributed by atoms with van der Waals surface area (Å²) in [4.78, 5) is 12.1. The lowest BCUT2D eigenvalue weighted by Gasteiger charge is -2.16. The molecule has 0 saturated heterocycles. The molecule has 2 rings (SSSR count). The predicted molar refractivity (Wildman–Crippen MR) is 107 cm³/mol. The van der Waals surface area contributed by atoms with Crippen LogP contribution in [0.1, 0.15) is 0 Å². The molecule has 7 nitrogen and oxygen atoms in total. The fourth-order valence-electron chi connectivity index (χ4n) is 2.09. The lowest BCUT2D eigenvalue weighted by Crippen LogP contribution is -2.24. The van der Waals surface area contributed by atoms with Crippen LogP contribution in [0.3, 0.4) is 0 Å². The van der Waals surface area contributed by atoms with Crippen LogP contribution in [0.2, 0.25) is 5.02 Å². The number of halogens is 2. The predicted octanol–water partition coefficient (Wildman–Crippen LogP) is 3.38. The van der Waals surface area contributed by atoms with E-state index >= 15 is 0 Å². The second kappa shape index (κ2) is 8.92. The van der Waals surface area contributed by atoms with E-state index in [1.807, 2.05) is 0 Å². The molecular formula is C17H18BrClN2O5S. The Morgan fingerprint density at radius 1 is 1.19 bits per heavy atom. The number of benzene rings is 2. The average Bonchev–Trinajstić information content (AvgIpc) is 2.60. The number of rotatable bonds is 7. The van der Waals surface area contributed by atoms with Crippen LogP contribution in [0.5, 0.6) is 11.5 Å². The standard InChI is InChI=1S/C17H18BrClN2O5S/c1-21(2)27(23,24)16-9-12(5-7-15(16)25-3)20-17(22)10-26-14-6-4-11(19)8-13(14)18/h4-9H,10H2,1-3H3,(H,20,22). The molecule has 146 valence electrons. The first-order valence-corrected chi connectivity index (χ1v) is 10.2. The molecule has 0 aliphatic rings. The number of nitrogens with zero attached hydrogens (tertiary/aromatic N) is 1. The fourth-order valence-corrected chi connectivity index (χ4v) is 3.96. The molecule has 0 bridgehead atoms. The molecule has 0 atom stereocenters. The molecule has 0 spiro atoms. The van der Waals surface area contributed by atoms with E-state index in [2.05, 4.69) is 21.2 Å². The van der Waals surface area contributed by atoms with Crippen molar-refractivity contribution in [3.8, 4) is 11.5 Å². The highest BCUT2D eigenvalue weighted by Gasteiger charge is 2.23. The van der Waals surface area contributed by atoms with Crippen LogP contribution in [0.4, 0.5) is 5.69 Å². The normalized spacial score (nSPS) is 11.3.